The highest BCUT2D eigenvalue weighted by Crippen LogP contribution is 2.31. The quantitative estimate of drug-likeness (QED) is 0.773. The zero-order chi connectivity index (χ0) is 20.3. The van der Waals surface area contributed by atoms with E-state index in [4.69, 9.17) is 14.7 Å². The molecule has 8 heteroatoms. The Balaban J connectivity index is 1.89. The van der Waals surface area contributed by atoms with Crippen LogP contribution in [-0.2, 0) is 24.4 Å². The van der Waals surface area contributed by atoms with E-state index in [1.54, 1.807) is 12.1 Å². The molecule has 0 aliphatic carbocycles. The van der Waals surface area contributed by atoms with Crippen molar-refractivity contribution in [1.82, 2.24) is 0 Å². The predicted octanol–water partition coefficient (Wildman–Crippen LogP) is 3.08. The van der Waals surface area contributed by atoms with Gasteiger partial charge in [-0.25, -0.2) is 13.6 Å². The van der Waals surface area contributed by atoms with Gasteiger partial charge in [0.25, 0.3) is 0 Å². The van der Waals surface area contributed by atoms with E-state index >= 15 is 0 Å². The average Bonchev–Trinajstić information content (AvgIpc) is 3.09. The largest absolute Gasteiger partial charge is 0.407 e. The Morgan fingerprint density at radius 1 is 1.21 bits per heavy atom. The summed E-state index contributed by atoms with van der Waals surface area (Å²) in [6.07, 6.45) is 1.02. The second-order valence-corrected chi connectivity index (χ2v) is 8.20. The van der Waals surface area contributed by atoms with E-state index < -0.39 is 10.0 Å². The molecule has 2 aromatic carbocycles. The van der Waals surface area contributed by atoms with Gasteiger partial charge in [0.2, 0.25) is 15.9 Å². The molecule has 3 rings (SSSR count). The minimum absolute atomic E-state index is 0.0602. The summed E-state index contributed by atoms with van der Waals surface area (Å²) in [5, 5.41) is 9.04. The van der Waals surface area contributed by atoms with Crippen LogP contribution >= 0.6 is 0 Å². The third kappa shape index (κ3) is 4.40. The van der Waals surface area contributed by atoms with E-state index in [9.17, 15) is 13.2 Å². The first-order chi connectivity index (χ1) is 13.3. The van der Waals surface area contributed by atoms with Crippen LogP contribution in [0.25, 0.3) is 11.1 Å². The molecule has 0 saturated heterocycles. The molecule has 0 bridgehead atoms. The Morgan fingerprint density at radius 2 is 1.89 bits per heavy atom. The molecule has 0 radical (unpaired) electrons. The van der Waals surface area contributed by atoms with Crippen molar-refractivity contribution in [2.24, 2.45) is 10.3 Å². The molecule has 1 aliphatic rings. The van der Waals surface area contributed by atoms with E-state index in [0.29, 0.717) is 19.4 Å². The summed E-state index contributed by atoms with van der Waals surface area (Å²) in [5.41, 5.74) is 3.69. The van der Waals surface area contributed by atoms with Crippen molar-refractivity contribution in [2.45, 2.75) is 37.5 Å². The van der Waals surface area contributed by atoms with E-state index in [1.807, 2.05) is 32.0 Å². The summed E-state index contributed by atoms with van der Waals surface area (Å²) in [4.78, 5) is 17.1. The molecule has 0 spiro atoms. The summed E-state index contributed by atoms with van der Waals surface area (Å²) in [7, 11) is -3.73. The number of sulfonamides is 1. The van der Waals surface area contributed by atoms with Gasteiger partial charge in [-0.05, 0) is 53.8 Å². The first kappa shape index (κ1) is 20.0. The maximum Gasteiger partial charge on any atom is 0.312 e. The monoisotopic (exact) mass is 402 g/mol. The van der Waals surface area contributed by atoms with Gasteiger partial charge in [0, 0.05) is 6.42 Å². The highest BCUT2D eigenvalue weighted by molar-refractivity contribution is 7.89. The number of carbonyl (C=O) groups is 1. The van der Waals surface area contributed by atoms with E-state index in [2.05, 4.69) is 5.16 Å². The van der Waals surface area contributed by atoms with Crippen molar-refractivity contribution in [3.05, 3.63) is 53.6 Å². The molecule has 2 aromatic rings. The Hall–Kier alpha value is -2.71. The van der Waals surface area contributed by atoms with Gasteiger partial charge in [0.1, 0.15) is 12.5 Å². The second-order valence-electron chi connectivity index (χ2n) is 6.64. The number of ether oxygens (including phenoxy) is 1. The smallest absolute Gasteiger partial charge is 0.312 e. The van der Waals surface area contributed by atoms with Crippen LogP contribution in [0.15, 0.2) is 52.5 Å². The Labute approximate surface area is 164 Å². The molecule has 1 heterocycles. The Kier molecular flexibility index (Phi) is 5.81. The molecular formula is C20H22N2O5S. The van der Waals surface area contributed by atoms with Gasteiger partial charge in [-0.1, -0.05) is 36.3 Å². The minimum atomic E-state index is -3.73. The fourth-order valence-electron chi connectivity index (χ4n) is 3.03. The van der Waals surface area contributed by atoms with Gasteiger partial charge in [0.05, 0.1) is 4.90 Å². The van der Waals surface area contributed by atoms with Gasteiger partial charge < -0.3 is 9.57 Å². The van der Waals surface area contributed by atoms with Crippen molar-refractivity contribution in [2.75, 3.05) is 6.61 Å². The van der Waals surface area contributed by atoms with Crippen LogP contribution in [0.4, 0.5) is 0 Å². The van der Waals surface area contributed by atoms with Crippen molar-refractivity contribution in [3.8, 4) is 11.1 Å². The fourth-order valence-corrected chi connectivity index (χ4v) is 3.54. The topological polar surface area (TPSA) is 108 Å². The molecule has 1 aliphatic heterocycles. The molecule has 0 aromatic heterocycles. The number of nitrogens with zero attached hydrogens (tertiary/aromatic N) is 1. The third-order valence-corrected chi connectivity index (χ3v) is 5.47. The van der Waals surface area contributed by atoms with Crippen molar-refractivity contribution in [3.63, 3.8) is 0 Å². The number of carbonyl (C=O) groups excluding carboxylic acids is 1. The predicted molar refractivity (Wildman–Crippen MR) is 105 cm³/mol. The molecular weight excluding hydrogens is 380 g/mol. The molecule has 0 amide bonds. The van der Waals surface area contributed by atoms with E-state index in [1.165, 1.54) is 12.1 Å². The lowest BCUT2D eigenvalue weighted by atomic mass is 9.91. The number of nitrogens with two attached hydrogens (primary N) is 1. The van der Waals surface area contributed by atoms with Crippen LogP contribution < -0.4 is 5.14 Å². The van der Waals surface area contributed by atoms with Crippen LogP contribution in [0.1, 0.15) is 36.8 Å². The maximum atomic E-state index is 11.8. The number of benzene rings is 2. The molecule has 148 valence electrons. The number of hydrogen-bond acceptors (Lipinski definition) is 6. The summed E-state index contributed by atoms with van der Waals surface area (Å²) in [6.45, 7) is 4.16. The van der Waals surface area contributed by atoms with E-state index in [0.717, 1.165) is 22.3 Å². The van der Waals surface area contributed by atoms with Crippen LogP contribution in [0, 0.1) is 6.92 Å². The van der Waals surface area contributed by atoms with Gasteiger partial charge in [-0.2, -0.15) is 0 Å². The van der Waals surface area contributed by atoms with Crippen molar-refractivity contribution >= 4 is 21.9 Å². The normalized spacial score (nSPS) is 16.4. The molecule has 1 atom stereocenters. The summed E-state index contributed by atoms with van der Waals surface area (Å²) in [5.74, 6) is -0.336. The van der Waals surface area contributed by atoms with Crippen molar-refractivity contribution < 1.29 is 22.8 Å². The van der Waals surface area contributed by atoms with Crippen LogP contribution in [0.2, 0.25) is 0 Å². The number of rotatable bonds is 5. The highest BCUT2D eigenvalue weighted by atomic mass is 32.2. The Bertz CT molecular complexity index is 1010. The average molecular weight is 402 g/mol. The first-order valence-corrected chi connectivity index (χ1v) is 10.5. The molecule has 2 N–H and O–H groups in total. The summed E-state index contributed by atoms with van der Waals surface area (Å²) in [6, 6.07) is 12.2. The second kappa shape index (κ2) is 8.12. The summed E-state index contributed by atoms with van der Waals surface area (Å²) < 4.78 is 28.2. The van der Waals surface area contributed by atoms with Gasteiger partial charge in [-0.15, -0.1) is 0 Å². The maximum absolute atomic E-state index is 11.8. The van der Waals surface area contributed by atoms with E-state index in [-0.39, 0.29) is 22.7 Å². The Morgan fingerprint density at radius 3 is 2.54 bits per heavy atom. The molecule has 7 nitrogen and oxygen atoms in total. The SMILES string of the molecule is CCCC(=O)OC1=NOCC1c1cc(-c2ccc(S(N)(=O)=O)cc2)ccc1C. The third-order valence-electron chi connectivity index (χ3n) is 4.54. The molecule has 28 heavy (non-hydrogen) atoms. The number of hydrogen-bond donors (Lipinski definition) is 1. The lowest BCUT2D eigenvalue weighted by Crippen LogP contribution is -2.19. The fraction of sp³-hybridized carbons (Fsp3) is 0.300. The van der Waals surface area contributed by atoms with Gasteiger partial charge in [0.15, 0.2) is 0 Å². The summed E-state index contributed by atoms with van der Waals surface area (Å²) >= 11 is 0. The number of oxime groups is 1. The lowest BCUT2D eigenvalue weighted by Gasteiger charge is -2.15. The number of primary sulfonamides is 1. The first-order valence-electron chi connectivity index (χ1n) is 8.94. The van der Waals surface area contributed by atoms with Crippen LogP contribution in [-0.4, -0.2) is 26.9 Å². The van der Waals surface area contributed by atoms with Gasteiger partial charge >= 0.3 is 5.97 Å². The number of aryl methyl sites for hydroxylation is 1. The molecule has 0 saturated carbocycles. The number of esters is 1. The minimum Gasteiger partial charge on any atom is -0.407 e. The zero-order valence-corrected chi connectivity index (χ0v) is 16.5. The lowest BCUT2D eigenvalue weighted by molar-refractivity contribution is -0.135. The zero-order valence-electron chi connectivity index (χ0n) is 15.7. The van der Waals surface area contributed by atoms with Crippen molar-refractivity contribution in [1.29, 1.82) is 0 Å². The molecule has 1 unspecified atom stereocenters. The molecule has 0 fully saturated rings. The highest BCUT2D eigenvalue weighted by Gasteiger charge is 2.30. The van der Waals surface area contributed by atoms with Crippen LogP contribution in [0.3, 0.4) is 0 Å². The standard InChI is InChI=1S/C20H22N2O5S/c1-3-4-19(23)27-20-18(12-26-22-20)17-11-15(6-5-13(17)2)14-7-9-16(10-8-14)28(21,24)25/h5-11,18H,3-4,12H2,1-2H3,(H2,21,24,25). The van der Waals surface area contributed by atoms with Crippen LogP contribution in [0.5, 0.6) is 0 Å². The van der Waals surface area contributed by atoms with Gasteiger partial charge in [-0.3, -0.25) is 4.79 Å².